The van der Waals surface area contributed by atoms with Gasteiger partial charge in [0.15, 0.2) is 0 Å². The van der Waals surface area contributed by atoms with Gasteiger partial charge in [0.1, 0.15) is 11.8 Å². The molecule has 0 aliphatic heterocycles. The summed E-state index contributed by atoms with van der Waals surface area (Å²) in [7, 11) is 8.01. The average Bonchev–Trinajstić information content (AvgIpc) is 2.56. The van der Waals surface area contributed by atoms with E-state index in [4.69, 9.17) is 0 Å². The SMILES string of the molecule is CN(C)c1ccc(C/N=C(\C#N)c2ccc(N(C)C)cc2)cc1. The first-order valence-electron chi connectivity index (χ1n) is 7.50. The minimum Gasteiger partial charge on any atom is -0.378 e. The number of rotatable bonds is 5. The van der Waals surface area contributed by atoms with Gasteiger partial charge in [-0.2, -0.15) is 5.26 Å². The highest BCUT2D eigenvalue weighted by atomic mass is 15.1. The summed E-state index contributed by atoms with van der Waals surface area (Å²) in [6.45, 7) is 0.506. The molecule has 2 rings (SSSR count). The minimum atomic E-state index is 0.465. The Labute approximate surface area is 138 Å². The normalized spacial score (nSPS) is 11.0. The Morgan fingerprint density at radius 2 is 1.35 bits per heavy atom. The molecule has 0 heterocycles. The molecule has 0 aliphatic carbocycles. The van der Waals surface area contributed by atoms with E-state index in [1.54, 1.807) is 0 Å². The van der Waals surface area contributed by atoms with Crippen LogP contribution in [-0.2, 0) is 6.54 Å². The third kappa shape index (κ3) is 4.33. The molecule has 4 heteroatoms. The molecule has 0 atom stereocenters. The zero-order chi connectivity index (χ0) is 16.8. The van der Waals surface area contributed by atoms with Gasteiger partial charge in [0, 0.05) is 45.1 Å². The zero-order valence-electron chi connectivity index (χ0n) is 14.1. The van der Waals surface area contributed by atoms with Gasteiger partial charge in [0.2, 0.25) is 0 Å². The van der Waals surface area contributed by atoms with Gasteiger partial charge in [-0.1, -0.05) is 24.3 Å². The number of hydrogen-bond acceptors (Lipinski definition) is 4. The molecule has 0 bridgehead atoms. The fraction of sp³-hybridized carbons (Fsp3) is 0.263. The van der Waals surface area contributed by atoms with E-state index in [0.29, 0.717) is 12.3 Å². The number of benzene rings is 2. The number of nitrogens with zero attached hydrogens (tertiary/aromatic N) is 4. The van der Waals surface area contributed by atoms with E-state index in [2.05, 4.69) is 28.1 Å². The first kappa shape index (κ1) is 16.6. The molecule has 0 unspecified atom stereocenters. The van der Waals surface area contributed by atoms with Gasteiger partial charge in [-0.3, -0.25) is 4.99 Å². The predicted molar refractivity (Wildman–Crippen MR) is 97.4 cm³/mol. The maximum atomic E-state index is 9.35. The molecular weight excluding hydrogens is 284 g/mol. The average molecular weight is 306 g/mol. The lowest BCUT2D eigenvalue weighted by Gasteiger charge is -2.12. The van der Waals surface area contributed by atoms with Crippen molar-refractivity contribution in [1.29, 1.82) is 5.26 Å². The summed E-state index contributed by atoms with van der Waals surface area (Å²) in [5, 5.41) is 9.35. The smallest absolute Gasteiger partial charge is 0.142 e. The molecule has 0 radical (unpaired) electrons. The van der Waals surface area contributed by atoms with Crippen LogP contribution in [0.25, 0.3) is 0 Å². The van der Waals surface area contributed by atoms with Crippen molar-refractivity contribution in [1.82, 2.24) is 0 Å². The molecule has 0 spiro atoms. The van der Waals surface area contributed by atoms with Gasteiger partial charge in [-0.05, 0) is 29.8 Å². The van der Waals surface area contributed by atoms with Crippen molar-refractivity contribution in [3.8, 4) is 6.07 Å². The van der Waals surface area contributed by atoms with Crippen LogP contribution in [0, 0.1) is 11.3 Å². The summed E-state index contributed by atoms with van der Waals surface area (Å²) in [6.07, 6.45) is 0. The first-order valence-corrected chi connectivity index (χ1v) is 7.50. The maximum absolute atomic E-state index is 9.35. The molecule has 0 fully saturated rings. The second kappa shape index (κ2) is 7.46. The van der Waals surface area contributed by atoms with Crippen molar-refractivity contribution in [2.45, 2.75) is 6.54 Å². The largest absolute Gasteiger partial charge is 0.378 e. The van der Waals surface area contributed by atoms with Crippen LogP contribution < -0.4 is 9.80 Å². The fourth-order valence-corrected chi connectivity index (χ4v) is 2.18. The Bertz CT molecular complexity index is 705. The Morgan fingerprint density at radius 1 is 0.870 bits per heavy atom. The van der Waals surface area contributed by atoms with Gasteiger partial charge in [0.25, 0.3) is 0 Å². The second-order valence-corrected chi connectivity index (χ2v) is 5.78. The van der Waals surface area contributed by atoms with E-state index in [9.17, 15) is 5.26 Å². The second-order valence-electron chi connectivity index (χ2n) is 5.78. The minimum absolute atomic E-state index is 0.465. The molecule has 0 N–H and O–H groups in total. The van der Waals surface area contributed by atoms with Crippen LogP contribution >= 0.6 is 0 Å². The maximum Gasteiger partial charge on any atom is 0.142 e. The molecule has 0 amide bonds. The van der Waals surface area contributed by atoms with E-state index in [1.807, 2.05) is 69.5 Å². The molecular formula is C19H22N4. The van der Waals surface area contributed by atoms with Crippen molar-refractivity contribution in [2.24, 2.45) is 4.99 Å². The Morgan fingerprint density at radius 3 is 1.78 bits per heavy atom. The first-order chi connectivity index (χ1) is 11.0. The number of anilines is 2. The highest BCUT2D eigenvalue weighted by Crippen LogP contribution is 2.15. The van der Waals surface area contributed by atoms with Crippen LogP contribution in [0.1, 0.15) is 11.1 Å². The van der Waals surface area contributed by atoms with Crippen LogP contribution in [0.3, 0.4) is 0 Å². The zero-order valence-corrected chi connectivity index (χ0v) is 14.1. The lowest BCUT2D eigenvalue weighted by Crippen LogP contribution is -2.09. The van der Waals surface area contributed by atoms with E-state index < -0.39 is 0 Å². The Hall–Kier alpha value is -2.80. The third-order valence-electron chi connectivity index (χ3n) is 3.64. The van der Waals surface area contributed by atoms with Crippen molar-refractivity contribution < 1.29 is 0 Å². The Kier molecular flexibility index (Phi) is 5.37. The molecule has 118 valence electrons. The van der Waals surface area contributed by atoms with Crippen LogP contribution in [0.15, 0.2) is 53.5 Å². The van der Waals surface area contributed by atoms with Gasteiger partial charge in [0.05, 0.1) is 6.54 Å². The highest BCUT2D eigenvalue weighted by molar-refractivity contribution is 6.11. The van der Waals surface area contributed by atoms with Crippen molar-refractivity contribution in [3.05, 3.63) is 59.7 Å². The van der Waals surface area contributed by atoms with E-state index in [1.165, 1.54) is 0 Å². The summed E-state index contributed by atoms with van der Waals surface area (Å²) < 4.78 is 0. The highest BCUT2D eigenvalue weighted by Gasteiger charge is 2.04. The number of aliphatic imine (C=N–C) groups is 1. The molecule has 23 heavy (non-hydrogen) atoms. The van der Waals surface area contributed by atoms with Gasteiger partial charge in [-0.15, -0.1) is 0 Å². The summed E-state index contributed by atoms with van der Waals surface area (Å²) in [6, 6.07) is 18.3. The molecule has 0 saturated heterocycles. The number of nitriles is 1. The molecule has 0 aliphatic rings. The van der Waals surface area contributed by atoms with Gasteiger partial charge in [-0.25, -0.2) is 0 Å². The molecule has 0 saturated carbocycles. The van der Waals surface area contributed by atoms with Crippen LogP contribution in [0.5, 0.6) is 0 Å². The monoisotopic (exact) mass is 306 g/mol. The van der Waals surface area contributed by atoms with E-state index in [0.717, 1.165) is 22.5 Å². The molecule has 0 aromatic heterocycles. The van der Waals surface area contributed by atoms with Crippen LogP contribution in [0.2, 0.25) is 0 Å². The lowest BCUT2D eigenvalue weighted by molar-refractivity contribution is 1.06. The van der Waals surface area contributed by atoms with Crippen molar-refractivity contribution in [2.75, 3.05) is 38.0 Å². The third-order valence-corrected chi connectivity index (χ3v) is 3.64. The summed E-state index contributed by atoms with van der Waals surface area (Å²) in [4.78, 5) is 8.54. The summed E-state index contributed by atoms with van der Waals surface area (Å²) in [5.74, 6) is 0. The van der Waals surface area contributed by atoms with Gasteiger partial charge < -0.3 is 9.80 Å². The van der Waals surface area contributed by atoms with Crippen LogP contribution in [0.4, 0.5) is 11.4 Å². The Balaban J connectivity index is 2.14. The predicted octanol–water partition coefficient (Wildman–Crippen LogP) is 3.33. The molecule has 4 nitrogen and oxygen atoms in total. The quantitative estimate of drug-likeness (QED) is 0.796. The van der Waals surface area contributed by atoms with E-state index in [-0.39, 0.29) is 0 Å². The van der Waals surface area contributed by atoms with Crippen LogP contribution in [-0.4, -0.2) is 33.9 Å². The summed E-state index contributed by atoms with van der Waals surface area (Å²) >= 11 is 0. The van der Waals surface area contributed by atoms with Crippen molar-refractivity contribution >= 4 is 17.1 Å². The molecule has 2 aromatic rings. The molecule has 2 aromatic carbocycles. The van der Waals surface area contributed by atoms with Gasteiger partial charge >= 0.3 is 0 Å². The van der Waals surface area contributed by atoms with E-state index >= 15 is 0 Å². The summed E-state index contributed by atoms with van der Waals surface area (Å²) in [5.41, 5.74) is 4.66. The standard InChI is InChI=1S/C19H22N4/c1-22(2)17-9-5-15(6-10-17)14-21-19(13-20)16-7-11-18(12-8-16)23(3)4/h5-12H,14H2,1-4H3/b21-19+. The number of hydrogen-bond donors (Lipinski definition) is 0. The fourth-order valence-electron chi connectivity index (χ4n) is 2.18. The topological polar surface area (TPSA) is 42.6 Å². The lowest BCUT2D eigenvalue weighted by atomic mass is 10.1. The van der Waals surface area contributed by atoms with Crippen molar-refractivity contribution in [3.63, 3.8) is 0 Å².